The highest BCUT2D eigenvalue weighted by molar-refractivity contribution is 5.45. The van der Waals surface area contributed by atoms with Crippen molar-refractivity contribution in [2.45, 2.75) is 117 Å². The Morgan fingerprint density at radius 2 is 0.548 bits per heavy atom. The second kappa shape index (κ2) is 22.0. The molecule has 0 aliphatic heterocycles. The van der Waals surface area contributed by atoms with Gasteiger partial charge in [0.15, 0.2) is 0 Å². The fraction of sp³-hybridized carbons (Fsp3) is 0.273. The molecular weight excluding hydrogens is 905 g/mol. The van der Waals surface area contributed by atoms with Gasteiger partial charge in [-0.1, -0.05) is 97.0 Å². The number of rotatable bonds is 20. The maximum atomic E-state index is 6.75. The molecule has 0 saturated heterocycles. The first-order valence-corrected chi connectivity index (χ1v) is 25.5. The molecular formula is C66H70O7. The molecule has 376 valence electrons. The number of hydrogen-bond acceptors (Lipinski definition) is 7. The first kappa shape index (κ1) is 51.7. The maximum absolute atomic E-state index is 6.75. The Balaban J connectivity index is 0.799. The normalized spacial score (nSPS) is 13.0. The minimum atomic E-state index is -0.559. The predicted molar refractivity (Wildman–Crippen MR) is 295 cm³/mol. The molecule has 0 aliphatic carbocycles. The highest BCUT2D eigenvalue weighted by atomic mass is 16.5. The van der Waals surface area contributed by atoms with Crippen molar-refractivity contribution in [3.63, 3.8) is 0 Å². The first-order valence-electron chi connectivity index (χ1n) is 25.5. The third-order valence-electron chi connectivity index (χ3n) is 14.1. The topological polar surface area (TPSA) is 64.6 Å². The van der Waals surface area contributed by atoms with Gasteiger partial charge in [0.2, 0.25) is 0 Å². The molecule has 8 rings (SSSR count). The van der Waals surface area contributed by atoms with Crippen molar-refractivity contribution in [2.75, 3.05) is 0 Å². The average Bonchev–Trinajstić information content (AvgIpc) is 3.38. The summed E-state index contributed by atoms with van der Waals surface area (Å²) < 4.78 is 43.7. The largest absolute Gasteiger partial charge is 0.488 e. The summed E-state index contributed by atoms with van der Waals surface area (Å²) in [5.41, 5.74) is 3.91. The van der Waals surface area contributed by atoms with Gasteiger partial charge in [0.1, 0.15) is 80.2 Å². The van der Waals surface area contributed by atoms with E-state index in [4.69, 9.17) is 33.2 Å². The van der Waals surface area contributed by atoms with Crippen LogP contribution < -0.4 is 33.2 Å². The zero-order valence-electron chi connectivity index (χ0n) is 44.3. The Hall–Kier alpha value is -7.64. The Morgan fingerprint density at radius 1 is 0.301 bits per heavy atom. The molecule has 0 amide bonds. The monoisotopic (exact) mass is 975 g/mol. The molecule has 0 spiro atoms. The highest BCUT2D eigenvalue weighted by Crippen LogP contribution is 2.43. The van der Waals surface area contributed by atoms with Crippen molar-refractivity contribution < 1.29 is 33.2 Å². The molecule has 0 fully saturated rings. The minimum Gasteiger partial charge on any atom is -0.488 e. The third-order valence-corrected chi connectivity index (χ3v) is 14.1. The molecule has 7 heteroatoms. The van der Waals surface area contributed by atoms with E-state index in [0.717, 1.165) is 64.4 Å². The second-order valence-electron chi connectivity index (χ2n) is 21.1. The van der Waals surface area contributed by atoms with Gasteiger partial charge < -0.3 is 33.2 Å². The van der Waals surface area contributed by atoms with Crippen molar-refractivity contribution in [1.29, 1.82) is 0 Å². The first-order chi connectivity index (χ1) is 34.9. The van der Waals surface area contributed by atoms with Crippen molar-refractivity contribution in [3.8, 4) is 69.0 Å². The molecule has 0 saturated carbocycles. The van der Waals surface area contributed by atoms with Crippen LogP contribution in [-0.2, 0) is 10.8 Å². The average molecular weight is 975 g/mol. The molecule has 8 aromatic carbocycles. The van der Waals surface area contributed by atoms with Crippen LogP contribution in [0.25, 0.3) is 0 Å². The Kier molecular flexibility index (Phi) is 15.6. The van der Waals surface area contributed by atoms with Crippen molar-refractivity contribution in [2.24, 2.45) is 0 Å². The standard InChI is InChI=1S/C66H70O7/c1-12-64(7,8)72-61-24-16-48(17-25-61)46(3)47-14-22-51(23-15-47)67-54-30-32-56(33-31-54)69-53-28-20-50(21-29-53)66(11,13-2)65(9,10)73-62-44-42-60(43-45-62)71-59-40-38-58(39-41-59)70-57-36-34-55(35-37-57)68-52-26-18-49(19-27-52)63(4,5)6/h14-46H,12-13H2,1-11H3. The van der Waals surface area contributed by atoms with Gasteiger partial charge in [-0.15, -0.1) is 0 Å². The molecule has 73 heavy (non-hydrogen) atoms. The van der Waals surface area contributed by atoms with Crippen LogP contribution in [0.15, 0.2) is 194 Å². The van der Waals surface area contributed by atoms with E-state index in [9.17, 15) is 0 Å². The molecule has 8 aromatic rings. The molecule has 0 radical (unpaired) electrons. The Bertz CT molecular complexity index is 2990. The summed E-state index contributed by atoms with van der Waals surface area (Å²) in [7, 11) is 0. The van der Waals surface area contributed by atoms with Crippen LogP contribution in [0.4, 0.5) is 0 Å². The molecule has 7 nitrogen and oxygen atoms in total. The van der Waals surface area contributed by atoms with Gasteiger partial charge in [0.05, 0.1) is 0 Å². The van der Waals surface area contributed by atoms with Crippen LogP contribution in [0, 0.1) is 0 Å². The van der Waals surface area contributed by atoms with Crippen LogP contribution >= 0.6 is 0 Å². The van der Waals surface area contributed by atoms with E-state index in [1.165, 1.54) is 16.7 Å². The lowest BCUT2D eigenvalue weighted by Gasteiger charge is -2.44. The smallest absolute Gasteiger partial charge is 0.127 e. The maximum Gasteiger partial charge on any atom is 0.127 e. The van der Waals surface area contributed by atoms with E-state index < -0.39 is 5.60 Å². The molecule has 0 aromatic heterocycles. The zero-order chi connectivity index (χ0) is 51.8. The fourth-order valence-electron chi connectivity index (χ4n) is 8.51. The van der Waals surface area contributed by atoms with Gasteiger partial charge >= 0.3 is 0 Å². The van der Waals surface area contributed by atoms with E-state index in [2.05, 4.69) is 137 Å². The predicted octanol–water partition coefficient (Wildman–Crippen LogP) is 19.2. The summed E-state index contributed by atoms with van der Waals surface area (Å²) in [4.78, 5) is 0. The minimum absolute atomic E-state index is 0.0950. The molecule has 2 unspecified atom stereocenters. The molecule has 0 N–H and O–H groups in total. The molecule has 0 heterocycles. The van der Waals surface area contributed by atoms with Crippen molar-refractivity contribution in [1.82, 2.24) is 0 Å². The quantitative estimate of drug-likeness (QED) is 0.0754. The summed E-state index contributed by atoms with van der Waals surface area (Å²) in [5.74, 6) is 9.22. The van der Waals surface area contributed by atoms with Crippen LogP contribution in [0.5, 0.6) is 69.0 Å². The third kappa shape index (κ3) is 13.3. The lowest BCUT2D eigenvalue weighted by Crippen LogP contribution is -2.49. The number of benzene rings is 8. The zero-order valence-corrected chi connectivity index (χ0v) is 44.3. The van der Waals surface area contributed by atoms with Crippen molar-refractivity contribution in [3.05, 3.63) is 216 Å². The van der Waals surface area contributed by atoms with E-state index in [-0.39, 0.29) is 22.3 Å². The summed E-state index contributed by atoms with van der Waals surface area (Å²) in [6.45, 7) is 23.9. The lowest BCUT2D eigenvalue weighted by molar-refractivity contribution is 0.0242. The molecule has 2 atom stereocenters. The van der Waals surface area contributed by atoms with E-state index in [1.54, 1.807) is 0 Å². The summed E-state index contributed by atoms with van der Waals surface area (Å²) in [6.07, 6.45) is 1.80. The highest BCUT2D eigenvalue weighted by Gasteiger charge is 2.43. The van der Waals surface area contributed by atoms with Crippen molar-refractivity contribution >= 4 is 0 Å². The van der Waals surface area contributed by atoms with Crippen LogP contribution in [0.1, 0.15) is 117 Å². The van der Waals surface area contributed by atoms with Crippen LogP contribution in [0.3, 0.4) is 0 Å². The van der Waals surface area contributed by atoms with Gasteiger partial charge in [-0.2, -0.15) is 0 Å². The SMILES string of the molecule is CCC(C)(C)Oc1ccc(C(C)c2ccc(Oc3ccc(Oc4ccc(C(C)(CC)C(C)(C)Oc5ccc(Oc6ccc(Oc7ccc(Oc8ccc(C(C)(C)C)cc8)cc7)cc6)cc5)cc4)cc3)cc2)cc1. The van der Waals surface area contributed by atoms with Gasteiger partial charge in [-0.3, -0.25) is 0 Å². The fourth-order valence-corrected chi connectivity index (χ4v) is 8.51. The molecule has 0 aliphatic rings. The molecule has 0 bridgehead atoms. The van der Waals surface area contributed by atoms with E-state index in [1.807, 2.05) is 133 Å². The number of hydrogen-bond donors (Lipinski definition) is 0. The Labute approximate surface area is 433 Å². The summed E-state index contributed by atoms with van der Waals surface area (Å²) >= 11 is 0. The number of ether oxygens (including phenoxy) is 7. The van der Waals surface area contributed by atoms with Gasteiger partial charge in [0.25, 0.3) is 0 Å². The summed E-state index contributed by atoms with van der Waals surface area (Å²) in [6, 6.07) is 63.9. The van der Waals surface area contributed by atoms with Gasteiger partial charge in [-0.05, 0) is 214 Å². The Morgan fingerprint density at radius 3 is 0.836 bits per heavy atom. The summed E-state index contributed by atoms with van der Waals surface area (Å²) in [5, 5.41) is 0. The van der Waals surface area contributed by atoms with Crippen LogP contribution in [0.2, 0.25) is 0 Å². The second-order valence-corrected chi connectivity index (χ2v) is 21.1. The van der Waals surface area contributed by atoms with E-state index >= 15 is 0 Å². The van der Waals surface area contributed by atoms with Gasteiger partial charge in [-0.25, -0.2) is 0 Å². The van der Waals surface area contributed by atoms with Crippen LogP contribution in [-0.4, -0.2) is 11.2 Å². The van der Waals surface area contributed by atoms with E-state index in [0.29, 0.717) is 23.0 Å². The van der Waals surface area contributed by atoms with Gasteiger partial charge in [0, 0.05) is 11.3 Å². The lowest BCUT2D eigenvalue weighted by atomic mass is 9.68.